The van der Waals surface area contributed by atoms with Crippen molar-refractivity contribution < 1.29 is 4.74 Å². The predicted octanol–water partition coefficient (Wildman–Crippen LogP) is 2.78. The summed E-state index contributed by atoms with van der Waals surface area (Å²) in [5, 5.41) is 0. The lowest BCUT2D eigenvalue weighted by Crippen LogP contribution is -2.34. The molecule has 1 aromatic rings. The quantitative estimate of drug-likeness (QED) is 0.868. The number of ether oxygens (including phenoxy) is 1. The van der Waals surface area contributed by atoms with Crippen molar-refractivity contribution in [1.82, 2.24) is 0 Å². The molecule has 1 aliphatic rings. The van der Waals surface area contributed by atoms with Gasteiger partial charge in [-0.1, -0.05) is 18.2 Å². The minimum Gasteiger partial charge on any atom is -0.385 e. The van der Waals surface area contributed by atoms with Gasteiger partial charge < -0.3 is 10.5 Å². The van der Waals surface area contributed by atoms with E-state index >= 15 is 0 Å². The fourth-order valence-corrected chi connectivity index (χ4v) is 2.55. The highest BCUT2D eigenvalue weighted by molar-refractivity contribution is 5.36. The van der Waals surface area contributed by atoms with Gasteiger partial charge in [0.15, 0.2) is 0 Å². The van der Waals surface area contributed by atoms with E-state index in [0.29, 0.717) is 6.61 Å². The van der Waals surface area contributed by atoms with Crippen molar-refractivity contribution in [1.29, 1.82) is 0 Å². The summed E-state index contributed by atoms with van der Waals surface area (Å²) >= 11 is 0. The number of benzene rings is 1. The predicted molar refractivity (Wildman–Crippen MR) is 71.1 cm³/mol. The van der Waals surface area contributed by atoms with Crippen LogP contribution in [-0.4, -0.2) is 13.7 Å². The summed E-state index contributed by atoms with van der Waals surface area (Å²) < 4.78 is 5.13. The van der Waals surface area contributed by atoms with Crippen molar-refractivity contribution in [3.05, 3.63) is 34.9 Å². The van der Waals surface area contributed by atoms with Crippen LogP contribution in [-0.2, 0) is 23.1 Å². The Morgan fingerprint density at radius 2 is 1.94 bits per heavy atom. The van der Waals surface area contributed by atoms with Gasteiger partial charge in [-0.3, -0.25) is 0 Å². The van der Waals surface area contributed by atoms with Crippen molar-refractivity contribution >= 4 is 0 Å². The van der Waals surface area contributed by atoms with Crippen LogP contribution in [0.1, 0.15) is 42.9 Å². The molecule has 0 aromatic heterocycles. The number of aryl methyl sites for hydroxylation is 2. The van der Waals surface area contributed by atoms with Crippen LogP contribution >= 0.6 is 0 Å². The molecule has 1 unspecified atom stereocenters. The first-order valence-electron chi connectivity index (χ1n) is 6.53. The number of rotatable bonds is 4. The van der Waals surface area contributed by atoms with Crippen molar-refractivity contribution in [3.63, 3.8) is 0 Å². The summed E-state index contributed by atoms with van der Waals surface area (Å²) in [5.41, 5.74) is 10.4. The Morgan fingerprint density at radius 3 is 2.65 bits per heavy atom. The molecule has 0 fully saturated rings. The van der Waals surface area contributed by atoms with E-state index in [1.165, 1.54) is 42.4 Å². The van der Waals surface area contributed by atoms with E-state index in [1.54, 1.807) is 7.11 Å². The molecule has 2 rings (SSSR count). The first-order chi connectivity index (χ1) is 8.13. The van der Waals surface area contributed by atoms with Gasteiger partial charge in [-0.05, 0) is 55.7 Å². The van der Waals surface area contributed by atoms with Crippen molar-refractivity contribution in [2.45, 2.75) is 44.6 Å². The van der Waals surface area contributed by atoms with Gasteiger partial charge in [0.05, 0.1) is 0 Å². The van der Waals surface area contributed by atoms with Crippen LogP contribution in [0.15, 0.2) is 18.2 Å². The van der Waals surface area contributed by atoms with Gasteiger partial charge in [-0.15, -0.1) is 0 Å². The average molecular weight is 233 g/mol. The molecule has 17 heavy (non-hydrogen) atoms. The molecule has 0 saturated carbocycles. The zero-order valence-corrected chi connectivity index (χ0v) is 11.0. The number of hydrogen-bond acceptors (Lipinski definition) is 2. The number of methoxy groups -OCH3 is 1. The smallest absolute Gasteiger partial charge is 0.0482 e. The lowest BCUT2D eigenvalue weighted by Gasteiger charge is -2.27. The first-order valence-corrected chi connectivity index (χ1v) is 6.53. The van der Waals surface area contributed by atoms with Crippen LogP contribution in [0.5, 0.6) is 0 Å². The molecule has 0 aliphatic heterocycles. The van der Waals surface area contributed by atoms with Gasteiger partial charge in [0, 0.05) is 19.3 Å². The van der Waals surface area contributed by atoms with Gasteiger partial charge in [0.25, 0.3) is 0 Å². The summed E-state index contributed by atoms with van der Waals surface area (Å²) in [6.45, 7) is 2.81. The largest absolute Gasteiger partial charge is 0.385 e. The molecule has 1 aliphatic carbocycles. The van der Waals surface area contributed by atoms with Crippen molar-refractivity contribution in [3.8, 4) is 0 Å². The number of hydrogen-bond donors (Lipinski definition) is 1. The highest BCUT2D eigenvalue weighted by Crippen LogP contribution is 2.28. The summed E-state index contributed by atoms with van der Waals surface area (Å²) in [4.78, 5) is 0. The molecule has 2 nitrogen and oxygen atoms in total. The molecule has 1 atom stereocenters. The standard InChI is InChI=1S/C15H23NO/c1-15(16,9-10-17-2)14-8-7-12-5-3-4-6-13(12)11-14/h7-8,11H,3-6,9-10,16H2,1-2H3. The van der Waals surface area contributed by atoms with Gasteiger partial charge in [-0.2, -0.15) is 0 Å². The Kier molecular flexibility index (Phi) is 3.85. The maximum atomic E-state index is 6.38. The van der Waals surface area contributed by atoms with Gasteiger partial charge in [0.2, 0.25) is 0 Å². The fourth-order valence-electron chi connectivity index (χ4n) is 2.55. The Labute approximate surface area is 104 Å². The van der Waals surface area contributed by atoms with Crippen LogP contribution in [0.4, 0.5) is 0 Å². The second kappa shape index (κ2) is 5.19. The maximum Gasteiger partial charge on any atom is 0.0482 e. The molecular weight excluding hydrogens is 210 g/mol. The third kappa shape index (κ3) is 2.88. The van der Waals surface area contributed by atoms with Crippen molar-refractivity contribution in [2.24, 2.45) is 5.73 Å². The van der Waals surface area contributed by atoms with E-state index < -0.39 is 0 Å². The number of fused-ring (bicyclic) bond motifs is 1. The van der Waals surface area contributed by atoms with Crippen LogP contribution in [0.2, 0.25) is 0 Å². The zero-order chi connectivity index (χ0) is 12.3. The molecule has 0 saturated heterocycles. The summed E-state index contributed by atoms with van der Waals surface area (Å²) in [6.07, 6.45) is 5.95. The molecule has 0 heterocycles. The maximum absolute atomic E-state index is 6.38. The Hall–Kier alpha value is -0.860. The highest BCUT2D eigenvalue weighted by atomic mass is 16.5. The third-order valence-corrected chi connectivity index (χ3v) is 3.83. The first kappa shape index (κ1) is 12.6. The Balaban J connectivity index is 2.20. The minimum absolute atomic E-state index is 0.275. The average Bonchev–Trinajstić information content (AvgIpc) is 2.36. The van der Waals surface area contributed by atoms with E-state index in [0.717, 1.165) is 6.42 Å². The summed E-state index contributed by atoms with van der Waals surface area (Å²) in [5.74, 6) is 0. The Bertz CT molecular complexity index is 385. The van der Waals surface area contributed by atoms with Crippen LogP contribution in [0.25, 0.3) is 0 Å². The second-order valence-corrected chi connectivity index (χ2v) is 5.35. The lowest BCUT2D eigenvalue weighted by molar-refractivity contribution is 0.172. The van der Waals surface area contributed by atoms with E-state index in [9.17, 15) is 0 Å². The molecule has 0 amide bonds. The van der Waals surface area contributed by atoms with Crippen LogP contribution in [0.3, 0.4) is 0 Å². The molecule has 2 heteroatoms. The van der Waals surface area contributed by atoms with E-state index in [2.05, 4.69) is 25.1 Å². The molecule has 0 spiro atoms. The normalized spacial score (nSPS) is 18.5. The molecule has 0 bridgehead atoms. The van der Waals surface area contributed by atoms with E-state index in [-0.39, 0.29) is 5.54 Å². The van der Waals surface area contributed by atoms with Gasteiger partial charge in [-0.25, -0.2) is 0 Å². The molecule has 0 radical (unpaired) electrons. The summed E-state index contributed by atoms with van der Waals surface area (Å²) in [7, 11) is 1.73. The molecule has 1 aromatic carbocycles. The van der Waals surface area contributed by atoms with E-state index in [1.807, 2.05) is 0 Å². The van der Waals surface area contributed by atoms with E-state index in [4.69, 9.17) is 10.5 Å². The lowest BCUT2D eigenvalue weighted by atomic mass is 9.84. The zero-order valence-electron chi connectivity index (χ0n) is 11.0. The summed E-state index contributed by atoms with van der Waals surface area (Å²) in [6, 6.07) is 6.77. The van der Waals surface area contributed by atoms with Crippen molar-refractivity contribution in [2.75, 3.05) is 13.7 Å². The molecule has 94 valence electrons. The molecular formula is C15H23NO. The minimum atomic E-state index is -0.275. The highest BCUT2D eigenvalue weighted by Gasteiger charge is 2.22. The van der Waals surface area contributed by atoms with Crippen LogP contribution in [0, 0.1) is 0 Å². The Morgan fingerprint density at radius 1 is 1.24 bits per heavy atom. The van der Waals surface area contributed by atoms with Crippen LogP contribution < -0.4 is 5.73 Å². The second-order valence-electron chi connectivity index (χ2n) is 5.35. The van der Waals surface area contributed by atoms with Gasteiger partial charge in [0.1, 0.15) is 0 Å². The molecule has 2 N–H and O–H groups in total. The SMILES string of the molecule is COCCC(C)(N)c1ccc2c(c1)CCCC2. The third-order valence-electron chi connectivity index (χ3n) is 3.83. The number of nitrogens with two attached hydrogens (primary N) is 1. The topological polar surface area (TPSA) is 35.2 Å². The van der Waals surface area contributed by atoms with Gasteiger partial charge >= 0.3 is 0 Å². The fraction of sp³-hybridized carbons (Fsp3) is 0.600. The monoisotopic (exact) mass is 233 g/mol.